The average Bonchev–Trinajstić information content (AvgIpc) is 3.35. The number of hydrogen-bond donors (Lipinski definition) is 0. The van der Waals surface area contributed by atoms with Crippen molar-refractivity contribution in [1.29, 1.82) is 0 Å². The first kappa shape index (κ1) is 71.4. The second kappa shape index (κ2) is 58.1. The standard InChI is InChI=1S/C67H130O6/c1-61(2)53-47-41-35-29-23-17-11-9-7-8-10-12-20-26-32-38-44-50-56-65(68)71-59-64(73-67(70)58-52-46-40-34-28-22-16-14-19-25-31-37-43-49-55-63(5)6)60-72-66(69)57-51-45-39-33-27-21-15-13-18-24-30-36-42-48-54-62(3)4/h61-64H,7-60H2,1-6H3/t64-/m0/s1. The van der Waals surface area contributed by atoms with Crippen molar-refractivity contribution in [2.24, 2.45) is 17.8 Å². The summed E-state index contributed by atoms with van der Waals surface area (Å²) in [7, 11) is 0. The molecule has 0 saturated heterocycles. The minimum absolute atomic E-state index is 0.0622. The fourth-order valence-electron chi connectivity index (χ4n) is 10.4. The molecule has 0 unspecified atom stereocenters. The van der Waals surface area contributed by atoms with Crippen LogP contribution in [0.1, 0.15) is 375 Å². The fourth-order valence-corrected chi connectivity index (χ4v) is 10.4. The number of rotatable bonds is 60. The number of unbranched alkanes of at least 4 members (excludes halogenated alkanes) is 43. The number of hydrogen-bond acceptors (Lipinski definition) is 6. The Morgan fingerprint density at radius 1 is 0.233 bits per heavy atom. The van der Waals surface area contributed by atoms with Gasteiger partial charge in [0.2, 0.25) is 0 Å². The van der Waals surface area contributed by atoms with Crippen LogP contribution in [-0.2, 0) is 28.6 Å². The molecule has 73 heavy (non-hydrogen) atoms. The maximum atomic E-state index is 12.9. The molecule has 0 N–H and O–H groups in total. The van der Waals surface area contributed by atoms with Crippen LogP contribution in [0.2, 0.25) is 0 Å². The molecule has 0 radical (unpaired) electrons. The zero-order valence-corrected chi connectivity index (χ0v) is 50.4. The van der Waals surface area contributed by atoms with Gasteiger partial charge in [0.25, 0.3) is 0 Å². The molecule has 6 heteroatoms. The number of ether oxygens (including phenoxy) is 3. The van der Waals surface area contributed by atoms with Crippen LogP contribution in [0.25, 0.3) is 0 Å². The lowest BCUT2D eigenvalue weighted by molar-refractivity contribution is -0.167. The predicted molar refractivity (Wildman–Crippen MR) is 316 cm³/mol. The first-order valence-electron chi connectivity index (χ1n) is 33.1. The Morgan fingerprint density at radius 2 is 0.397 bits per heavy atom. The van der Waals surface area contributed by atoms with Crippen molar-refractivity contribution in [1.82, 2.24) is 0 Å². The molecule has 0 fully saturated rings. The molecule has 0 aliphatic rings. The van der Waals surface area contributed by atoms with Crippen LogP contribution in [0, 0.1) is 17.8 Å². The lowest BCUT2D eigenvalue weighted by Gasteiger charge is -2.18. The molecule has 0 aliphatic carbocycles. The summed E-state index contributed by atoms with van der Waals surface area (Å²) in [5.74, 6) is 1.71. The number of carbonyl (C=O) groups is 3. The van der Waals surface area contributed by atoms with Gasteiger partial charge in [0, 0.05) is 19.3 Å². The van der Waals surface area contributed by atoms with Gasteiger partial charge in [-0.1, -0.05) is 337 Å². The van der Waals surface area contributed by atoms with Crippen molar-refractivity contribution in [3.63, 3.8) is 0 Å². The number of carbonyl (C=O) groups excluding carboxylic acids is 3. The summed E-state index contributed by atoms with van der Waals surface area (Å²) in [5, 5.41) is 0. The summed E-state index contributed by atoms with van der Waals surface area (Å²) < 4.78 is 17.0. The molecule has 434 valence electrons. The normalized spacial score (nSPS) is 12.1. The Kier molecular flexibility index (Phi) is 56.8. The van der Waals surface area contributed by atoms with Crippen LogP contribution in [0.3, 0.4) is 0 Å². The topological polar surface area (TPSA) is 78.9 Å². The third-order valence-electron chi connectivity index (χ3n) is 15.4. The molecule has 0 aromatic carbocycles. The largest absolute Gasteiger partial charge is 0.462 e. The van der Waals surface area contributed by atoms with Crippen molar-refractivity contribution >= 4 is 17.9 Å². The average molecular weight is 1030 g/mol. The second-order valence-corrected chi connectivity index (χ2v) is 24.5. The van der Waals surface area contributed by atoms with E-state index in [9.17, 15) is 14.4 Å². The van der Waals surface area contributed by atoms with Crippen molar-refractivity contribution in [3.8, 4) is 0 Å². The Balaban J connectivity index is 4.27. The molecular weight excluding hydrogens is 901 g/mol. The SMILES string of the molecule is CC(C)CCCCCCCCCCCCCCCCCCCCC(=O)OC[C@@H](COC(=O)CCCCCCCCCCCCCCCCC(C)C)OC(=O)CCCCCCCCCCCCCCCCC(C)C. The highest BCUT2D eigenvalue weighted by Crippen LogP contribution is 2.19. The van der Waals surface area contributed by atoms with Gasteiger partial charge < -0.3 is 14.2 Å². The lowest BCUT2D eigenvalue weighted by Crippen LogP contribution is -2.30. The van der Waals surface area contributed by atoms with E-state index in [1.807, 2.05) is 0 Å². The summed E-state index contributed by atoms with van der Waals surface area (Å²) in [6.07, 6.45) is 63.9. The van der Waals surface area contributed by atoms with E-state index in [1.165, 1.54) is 257 Å². The van der Waals surface area contributed by atoms with Crippen LogP contribution in [0.4, 0.5) is 0 Å². The van der Waals surface area contributed by atoms with Gasteiger partial charge in [-0.15, -0.1) is 0 Å². The molecular formula is C67H130O6. The van der Waals surface area contributed by atoms with E-state index < -0.39 is 6.10 Å². The van der Waals surface area contributed by atoms with Gasteiger partial charge in [0.1, 0.15) is 13.2 Å². The summed E-state index contributed by atoms with van der Waals surface area (Å²) in [6, 6.07) is 0. The van der Waals surface area contributed by atoms with Crippen molar-refractivity contribution < 1.29 is 28.6 Å². The van der Waals surface area contributed by atoms with E-state index in [2.05, 4.69) is 41.5 Å². The second-order valence-electron chi connectivity index (χ2n) is 24.5. The molecule has 0 aromatic heterocycles. The van der Waals surface area contributed by atoms with Crippen LogP contribution >= 0.6 is 0 Å². The molecule has 0 bridgehead atoms. The van der Waals surface area contributed by atoms with Crippen LogP contribution < -0.4 is 0 Å². The smallest absolute Gasteiger partial charge is 0.306 e. The van der Waals surface area contributed by atoms with Gasteiger partial charge in [-0.3, -0.25) is 14.4 Å². The summed E-state index contributed by atoms with van der Waals surface area (Å²) >= 11 is 0. The van der Waals surface area contributed by atoms with E-state index in [0.717, 1.165) is 75.5 Å². The summed E-state index contributed by atoms with van der Waals surface area (Å²) in [6.45, 7) is 13.8. The lowest BCUT2D eigenvalue weighted by atomic mass is 10.0. The summed E-state index contributed by atoms with van der Waals surface area (Å²) in [4.78, 5) is 38.4. The monoisotopic (exact) mass is 1030 g/mol. The Morgan fingerprint density at radius 3 is 0.589 bits per heavy atom. The van der Waals surface area contributed by atoms with Crippen molar-refractivity contribution in [2.45, 2.75) is 382 Å². The highest BCUT2D eigenvalue weighted by Gasteiger charge is 2.19. The minimum Gasteiger partial charge on any atom is -0.462 e. The molecule has 0 amide bonds. The highest BCUT2D eigenvalue weighted by atomic mass is 16.6. The van der Waals surface area contributed by atoms with E-state index in [1.54, 1.807) is 0 Å². The quantitative estimate of drug-likeness (QED) is 0.0343. The Hall–Kier alpha value is -1.59. The zero-order valence-electron chi connectivity index (χ0n) is 50.4. The highest BCUT2D eigenvalue weighted by molar-refractivity contribution is 5.71. The van der Waals surface area contributed by atoms with Crippen molar-refractivity contribution in [3.05, 3.63) is 0 Å². The predicted octanol–water partition coefficient (Wildman–Crippen LogP) is 22.2. The van der Waals surface area contributed by atoms with Gasteiger partial charge in [0.05, 0.1) is 0 Å². The van der Waals surface area contributed by atoms with E-state index >= 15 is 0 Å². The van der Waals surface area contributed by atoms with Crippen molar-refractivity contribution in [2.75, 3.05) is 13.2 Å². The van der Waals surface area contributed by atoms with Crippen LogP contribution in [0.5, 0.6) is 0 Å². The van der Waals surface area contributed by atoms with Gasteiger partial charge in [-0.05, 0) is 37.0 Å². The zero-order chi connectivity index (χ0) is 53.3. The Labute approximate surface area is 457 Å². The van der Waals surface area contributed by atoms with Crippen LogP contribution in [-0.4, -0.2) is 37.2 Å². The first-order chi connectivity index (χ1) is 35.6. The van der Waals surface area contributed by atoms with E-state index in [-0.39, 0.29) is 31.1 Å². The molecule has 0 rings (SSSR count). The third kappa shape index (κ3) is 61.1. The third-order valence-corrected chi connectivity index (χ3v) is 15.4. The first-order valence-corrected chi connectivity index (χ1v) is 33.1. The van der Waals surface area contributed by atoms with Gasteiger partial charge in [-0.25, -0.2) is 0 Å². The van der Waals surface area contributed by atoms with Gasteiger partial charge >= 0.3 is 17.9 Å². The molecule has 6 nitrogen and oxygen atoms in total. The van der Waals surface area contributed by atoms with Gasteiger partial charge in [0.15, 0.2) is 6.10 Å². The summed E-state index contributed by atoms with van der Waals surface area (Å²) in [5.41, 5.74) is 0. The molecule has 0 heterocycles. The maximum absolute atomic E-state index is 12.9. The Bertz CT molecular complexity index is 1130. The minimum atomic E-state index is -0.765. The molecule has 0 aliphatic heterocycles. The number of esters is 3. The van der Waals surface area contributed by atoms with E-state index in [0.29, 0.717) is 19.3 Å². The van der Waals surface area contributed by atoms with Gasteiger partial charge in [-0.2, -0.15) is 0 Å². The van der Waals surface area contributed by atoms with E-state index in [4.69, 9.17) is 14.2 Å². The molecule has 1 atom stereocenters. The molecule has 0 aromatic rings. The fraction of sp³-hybridized carbons (Fsp3) is 0.955. The molecule has 0 saturated carbocycles. The maximum Gasteiger partial charge on any atom is 0.306 e. The molecule has 0 spiro atoms. The van der Waals surface area contributed by atoms with Crippen LogP contribution in [0.15, 0.2) is 0 Å².